The number of Topliss-reactive ketones (excluding diaryl/α,β-unsaturated/α-hetero) is 1. The van der Waals surface area contributed by atoms with Gasteiger partial charge in [-0.1, -0.05) is 41.8 Å². The summed E-state index contributed by atoms with van der Waals surface area (Å²) in [7, 11) is 0. The van der Waals surface area contributed by atoms with Gasteiger partial charge in [0.25, 0.3) is 0 Å². The van der Waals surface area contributed by atoms with E-state index in [0.717, 1.165) is 11.1 Å². The molecule has 0 heterocycles. The Morgan fingerprint density at radius 1 is 1.05 bits per heavy atom. The summed E-state index contributed by atoms with van der Waals surface area (Å²) in [6.07, 6.45) is 0.667. The molecule has 92 valence electrons. The van der Waals surface area contributed by atoms with Gasteiger partial charge in [0.2, 0.25) is 5.78 Å². The molecule has 0 atom stereocenters. The van der Waals surface area contributed by atoms with Crippen molar-refractivity contribution >= 4 is 12.1 Å². The summed E-state index contributed by atoms with van der Waals surface area (Å²) in [5.74, 6) is 5.02. The van der Waals surface area contributed by atoms with Gasteiger partial charge in [-0.2, -0.15) is 0 Å². The summed E-state index contributed by atoms with van der Waals surface area (Å²) in [5, 5.41) is 0. The zero-order chi connectivity index (χ0) is 13.7. The van der Waals surface area contributed by atoms with Crippen molar-refractivity contribution in [1.29, 1.82) is 0 Å². The maximum atomic E-state index is 11.9. The maximum absolute atomic E-state index is 11.9. The molecule has 2 heteroatoms. The standard InChI is InChI=1S/C17H12O2/c1-13-6-8-14(9-7-13)10-11-17(19)16-5-3-2-4-15(16)12-18/h2-9,12H,1H3. The van der Waals surface area contributed by atoms with E-state index in [2.05, 4.69) is 11.8 Å². The maximum Gasteiger partial charge on any atom is 0.236 e. The quantitative estimate of drug-likeness (QED) is 0.465. The molecule has 0 aliphatic rings. The highest BCUT2D eigenvalue weighted by atomic mass is 16.1. The second-order valence-electron chi connectivity index (χ2n) is 4.15. The van der Waals surface area contributed by atoms with Crippen molar-refractivity contribution in [1.82, 2.24) is 0 Å². The average Bonchev–Trinajstić information content (AvgIpc) is 2.46. The lowest BCUT2D eigenvalue weighted by atomic mass is 10.0. The summed E-state index contributed by atoms with van der Waals surface area (Å²) in [6, 6.07) is 14.2. The van der Waals surface area contributed by atoms with Crippen molar-refractivity contribution in [2.75, 3.05) is 0 Å². The van der Waals surface area contributed by atoms with Crippen LogP contribution in [0.3, 0.4) is 0 Å². The first-order chi connectivity index (χ1) is 9.20. The molecule has 0 N–H and O–H groups in total. The van der Waals surface area contributed by atoms with Crippen molar-refractivity contribution in [3.8, 4) is 11.8 Å². The Kier molecular flexibility index (Phi) is 3.90. The monoisotopic (exact) mass is 248 g/mol. The fourth-order valence-electron chi connectivity index (χ4n) is 1.64. The van der Waals surface area contributed by atoms with Gasteiger partial charge in [0, 0.05) is 16.7 Å². The topological polar surface area (TPSA) is 34.1 Å². The minimum absolute atomic E-state index is 0.344. The molecule has 2 nitrogen and oxygen atoms in total. The number of rotatable bonds is 2. The number of ketones is 1. The zero-order valence-electron chi connectivity index (χ0n) is 10.5. The average molecular weight is 248 g/mol. The van der Waals surface area contributed by atoms with E-state index >= 15 is 0 Å². The van der Waals surface area contributed by atoms with Gasteiger partial charge in [-0.05, 0) is 31.0 Å². The third-order valence-corrected chi connectivity index (χ3v) is 2.70. The first-order valence-electron chi connectivity index (χ1n) is 5.88. The number of carbonyl (C=O) groups excluding carboxylic acids is 2. The number of benzene rings is 2. The minimum Gasteiger partial charge on any atom is -0.298 e. The Balaban J connectivity index is 2.27. The van der Waals surface area contributed by atoms with E-state index in [1.165, 1.54) is 0 Å². The molecule has 2 aromatic rings. The number of hydrogen-bond donors (Lipinski definition) is 0. The summed E-state index contributed by atoms with van der Waals surface area (Å²) in [6.45, 7) is 1.99. The molecule has 0 fully saturated rings. The van der Waals surface area contributed by atoms with E-state index in [0.29, 0.717) is 17.4 Å². The molecule has 0 spiro atoms. The van der Waals surface area contributed by atoms with Crippen molar-refractivity contribution in [2.45, 2.75) is 6.92 Å². The van der Waals surface area contributed by atoms with E-state index in [9.17, 15) is 9.59 Å². The normalized spacial score (nSPS) is 9.32. The van der Waals surface area contributed by atoms with Crippen molar-refractivity contribution in [3.05, 3.63) is 70.8 Å². The molecule has 0 aliphatic carbocycles. The van der Waals surface area contributed by atoms with Crippen LogP contribution in [-0.2, 0) is 0 Å². The van der Waals surface area contributed by atoms with Crippen molar-refractivity contribution in [3.63, 3.8) is 0 Å². The van der Waals surface area contributed by atoms with Gasteiger partial charge < -0.3 is 0 Å². The zero-order valence-corrected chi connectivity index (χ0v) is 10.5. The minimum atomic E-state index is -0.344. The van der Waals surface area contributed by atoms with Gasteiger partial charge in [0.1, 0.15) is 0 Å². The second-order valence-corrected chi connectivity index (χ2v) is 4.15. The predicted molar refractivity (Wildman–Crippen MR) is 74.2 cm³/mol. The van der Waals surface area contributed by atoms with Crippen LogP contribution < -0.4 is 0 Å². The third-order valence-electron chi connectivity index (χ3n) is 2.70. The highest BCUT2D eigenvalue weighted by Gasteiger charge is 2.07. The van der Waals surface area contributed by atoms with Crippen LogP contribution >= 0.6 is 0 Å². The molecular formula is C17H12O2. The number of aldehydes is 1. The van der Waals surface area contributed by atoms with Gasteiger partial charge in [-0.3, -0.25) is 9.59 Å². The van der Waals surface area contributed by atoms with Crippen LogP contribution in [0.1, 0.15) is 31.8 Å². The second kappa shape index (κ2) is 5.79. The highest BCUT2D eigenvalue weighted by molar-refractivity contribution is 6.13. The Bertz CT molecular complexity index is 670. The Hall–Kier alpha value is -2.66. The van der Waals surface area contributed by atoms with Gasteiger partial charge in [0.15, 0.2) is 6.29 Å². The molecule has 0 bridgehead atoms. The SMILES string of the molecule is Cc1ccc(C#CC(=O)c2ccccc2C=O)cc1. The lowest BCUT2D eigenvalue weighted by Crippen LogP contribution is -2.00. The highest BCUT2D eigenvalue weighted by Crippen LogP contribution is 2.07. The van der Waals surface area contributed by atoms with Crippen LogP contribution in [-0.4, -0.2) is 12.1 Å². The summed E-state index contributed by atoms with van der Waals surface area (Å²) in [5.41, 5.74) is 2.63. The van der Waals surface area contributed by atoms with Gasteiger partial charge >= 0.3 is 0 Å². The van der Waals surface area contributed by atoms with Crippen molar-refractivity contribution < 1.29 is 9.59 Å². The lowest BCUT2D eigenvalue weighted by Gasteiger charge is -1.97. The van der Waals surface area contributed by atoms with E-state index in [-0.39, 0.29) is 5.78 Å². The number of aryl methyl sites for hydroxylation is 1. The smallest absolute Gasteiger partial charge is 0.236 e. The molecule has 2 rings (SSSR count). The fourth-order valence-corrected chi connectivity index (χ4v) is 1.64. The van der Waals surface area contributed by atoms with Crippen LogP contribution in [0.2, 0.25) is 0 Å². The summed E-state index contributed by atoms with van der Waals surface area (Å²) in [4.78, 5) is 22.8. The Morgan fingerprint density at radius 2 is 1.74 bits per heavy atom. The molecule has 0 radical (unpaired) electrons. The predicted octanol–water partition coefficient (Wildman–Crippen LogP) is 3.04. The number of hydrogen-bond acceptors (Lipinski definition) is 2. The van der Waals surface area contributed by atoms with Crippen LogP contribution in [0.15, 0.2) is 48.5 Å². The Morgan fingerprint density at radius 3 is 2.42 bits per heavy atom. The molecular weight excluding hydrogens is 236 g/mol. The van der Waals surface area contributed by atoms with E-state index in [4.69, 9.17) is 0 Å². The molecule has 0 aliphatic heterocycles. The third kappa shape index (κ3) is 3.17. The summed E-state index contributed by atoms with van der Waals surface area (Å²) < 4.78 is 0. The molecule has 2 aromatic carbocycles. The molecule has 0 unspecified atom stereocenters. The molecule has 19 heavy (non-hydrogen) atoms. The van der Waals surface area contributed by atoms with Crippen LogP contribution in [0.4, 0.5) is 0 Å². The fraction of sp³-hybridized carbons (Fsp3) is 0.0588. The largest absolute Gasteiger partial charge is 0.298 e. The number of carbonyl (C=O) groups is 2. The molecule has 0 amide bonds. The lowest BCUT2D eigenvalue weighted by molar-refractivity contribution is 0.104. The van der Waals surface area contributed by atoms with Gasteiger partial charge in [-0.25, -0.2) is 0 Å². The molecule has 0 saturated carbocycles. The van der Waals surface area contributed by atoms with Gasteiger partial charge in [0.05, 0.1) is 0 Å². The van der Waals surface area contributed by atoms with Crippen LogP contribution in [0, 0.1) is 18.8 Å². The first kappa shape index (κ1) is 12.8. The van der Waals surface area contributed by atoms with Crippen LogP contribution in [0.5, 0.6) is 0 Å². The Labute approximate surface area is 112 Å². The van der Waals surface area contributed by atoms with E-state index < -0.39 is 0 Å². The van der Waals surface area contributed by atoms with E-state index in [1.54, 1.807) is 24.3 Å². The van der Waals surface area contributed by atoms with Gasteiger partial charge in [-0.15, -0.1) is 0 Å². The molecule has 0 aromatic heterocycles. The van der Waals surface area contributed by atoms with Crippen molar-refractivity contribution in [2.24, 2.45) is 0 Å². The van der Waals surface area contributed by atoms with E-state index in [1.807, 2.05) is 31.2 Å². The molecule has 0 saturated heterocycles. The van der Waals surface area contributed by atoms with Crippen LogP contribution in [0.25, 0.3) is 0 Å². The summed E-state index contributed by atoms with van der Waals surface area (Å²) >= 11 is 0. The first-order valence-corrected chi connectivity index (χ1v) is 5.88.